The van der Waals surface area contributed by atoms with Gasteiger partial charge < -0.3 is 5.32 Å². The van der Waals surface area contributed by atoms with Crippen LogP contribution in [0.15, 0.2) is 24.3 Å². The second-order valence-corrected chi connectivity index (χ2v) is 3.52. The van der Waals surface area contributed by atoms with Crippen molar-refractivity contribution in [3.05, 3.63) is 29.8 Å². The van der Waals surface area contributed by atoms with Gasteiger partial charge in [0.2, 0.25) is 11.7 Å². The Morgan fingerprint density at radius 2 is 2.17 bits per heavy atom. The molecule has 2 N–H and O–H groups in total. The average Bonchev–Trinajstić information content (AvgIpc) is 2.89. The first-order valence-corrected chi connectivity index (χ1v) is 5.33. The highest BCUT2D eigenvalue weighted by molar-refractivity contribution is 5.73. The number of aromatic amines is 1. The number of carbonyl (C=O) groups excluding carboxylic acids is 1. The van der Waals surface area contributed by atoms with Crippen LogP contribution in [0.1, 0.15) is 12.5 Å². The van der Waals surface area contributed by atoms with Gasteiger partial charge in [0.15, 0.2) is 0 Å². The lowest BCUT2D eigenvalue weighted by Gasteiger charge is -1.95. The first kappa shape index (κ1) is 11.8. The molecule has 18 heavy (non-hydrogen) atoms. The monoisotopic (exact) mass is 241 g/mol. The van der Waals surface area contributed by atoms with Gasteiger partial charge in [0.05, 0.1) is 6.54 Å². The number of amides is 1. The van der Waals surface area contributed by atoms with E-state index in [9.17, 15) is 4.79 Å². The van der Waals surface area contributed by atoms with Crippen LogP contribution in [0.2, 0.25) is 0 Å². The third kappa shape index (κ3) is 3.15. The van der Waals surface area contributed by atoms with Crippen molar-refractivity contribution in [2.24, 2.45) is 0 Å². The summed E-state index contributed by atoms with van der Waals surface area (Å²) in [6.07, 6.45) is 0. The Morgan fingerprint density at radius 3 is 2.78 bits per heavy atom. The van der Waals surface area contributed by atoms with Gasteiger partial charge in [-0.3, -0.25) is 4.79 Å². The molecular weight excluding hydrogens is 230 g/mol. The molecule has 1 aromatic heterocycles. The Hall–Kier alpha value is -2.68. The molecule has 6 heteroatoms. The van der Waals surface area contributed by atoms with E-state index >= 15 is 0 Å². The number of rotatable bonds is 2. The van der Waals surface area contributed by atoms with Crippen LogP contribution in [0.3, 0.4) is 0 Å². The van der Waals surface area contributed by atoms with Crippen molar-refractivity contribution in [1.29, 1.82) is 0 Å². The largest absolute Gasteiger partial charge is 0.345 e. The number of tetrazole rings is 1. The summed E-state index contributed by atoms with van der Waals surface area (Å²) in [6.45, 7) is 1.81. The van der Waals surface area contributed by atoms with E-state index in [4.69, 9.17) is 0 Å². The molecule has 6 nitrogen and oxygen atoms in total. The molecule has 0 fully saturated rings. The molecule has 1 heterocycles. The Kier molecular flexibility index (Phi) is 3.66. The normalized spacial score (nSPS) is 9.39. The minimum Gasteiger partial charge on any atom is -0.345 e. The molecule has 0 saturated carbocycles. The molecule has 0 aliphatic heterocycles. The van der Waals surface area contributed by atoms with Crippen molar-refractivity contribution in [3.8, 4) is 23.2 Å². The zero-order valence-electron chi connectivity index (χ0n) is 9.77. The number of carbonyl (C=O) groups is 1. The molecule has 2 aromatic rings. The van der Waals surface area contributed by atoms with Gasteiger partial charge >= 0.3 is 0 Å². The molecular formula is C12H11N5O. The first-order valence-electron chi connectivity index (χ1n) is 5.33. The summed E-state index contributed by atoms with van der Waals surface area (Å²) in [5, 5.41) is 16.3. The van der Waals surface area contributed by atoms with E-state index in [1.165, 1.54) is 6.92 Å². The zero-order chi connectivity index (χ0) is 12.8. The molecule has 0 atom stereocenters. The number of hydrogen-bond acceptors (Lipinski definition) is 4. The molecule has 0 unspecified atom stereocenters. The molecule has 0 bridgehead atoms. The Bertz CT molecular complexity index is 577. The molecule has 0 radical (unpaired) electrons. The van der Waals surface area contributed by atoms with Crippen LogP contribution in [0, 0.1) is 11.8 Å². The van der Waals surface area contributed by atoms with E-state index in [0.29, 0.717) is 12.4 Å². The Labute approximate surface area is 104 Å². The lowest BCUT2D eigenvalue weighted by atomic mass is 10.1. The third-order valence-corrected chi connectivity index (χ3v) is 2.15. The maximum Gasteiger partial charge on any atom is 0.217 e. The lowest BCUT2D eigenvalue weighted by molar-refractivity contribution is -0.118. The van der Waals surface area contributed by atoms with Gasteiger partial charge in [0, 0.05) is 18.1 Å². The minimum atomic E-state index is -0.0863. The summed E-state index contributed by atoms with van der Waals surface area (Å²) in [5.74, 6) is 6.26. The van der Waals surface area contributed by atoms with E-state index in [2.05, 4.69) is 37.8 Å². The highest BCUT2D eigenvalue weighted by Gasteiger charge is 2.00. The molecule has 1 aromatic carbocycles. The van der Waals surface area contributed by atoms with Gasteiger partial charge in [-0.1, -0.05) is 11.8 Å². The maximum absolute atomic E-state index is 10.6. The van der Waals surface area contributed by atoms with Crippen LogP contribution in [0.5, 0.6) is 0 Å². The van der Waals surface area contributed by atoms with Crippen LogP contribution in [-0.4, -0.2) is 33.1 Å². The smallest absolute Gasteiger partial charge is 0.217 e. The molecule has 2 rings (SSSR count). The number of aromatic nitrogens is 4. The predicted molar refractivity (Wildman–Crippen MR) is 65.2 cm³/mol. The standard InChI is InChI=1S/C12H11N5O/c1-9(18)13-8-2-3-10-4-6-11(7-5-10)12-14-16-17-15-12/h4-7H,8H2,1H3,(H,13,18)(H,14,15,16,17). The Morgan fingerprint density at radius 1 is 1.39 bits per heavy atom. The summed E-state index contributed by atoms with van der Waals surface area (Å²) in [6, 6.07) is 7.47. The average molecular weight is 241 g/mol. The first-order chi connectivity index (χ1) is 8.75. The highest BCUT2D eigenvalue weighted by Crippen LogP contribution is 2.13. The third-order valence-electron chi connectivity index (χ3n) is 2.15. The SMILES string of the molecule is CC(=O)NCC#Cc1ccc(-c2nn[nH]n2)cc1. The highest BCUT2D eigenvalue weighted by atomic mass is 16.1. The molecule has 0 aliphatic rings. The van der Waals surface area contributed by atoms with Crippen LogP contribution < -0.4 is 5.32 Å². The van der Waals surface area contributed by atoms with Crippen molar-refractivity contribution >= 4 is 5.91 Å². The van der Waals surface area contributed by atoms with Crippen molar-refractivity contribution in [2.45, 2.75) is 6.92 Å². The zero-order valence-corrected chi connectivity index (χ0v) is 9.77. The fourth-order valence-electron chi connectivity index (χ4n) is 1.30. The van der Waals surface area contributed by atoms with Gasteiger partial charge in [0.1, 0.15) is 0 Å². The van der Waals surface area contributed by atoms with Crippen LogP contribution in [0.4, 0.5) is 0 Å². The van der Waals surface area contributed by atoms with Crippen molar-refractivity contribution < 1.29 is 4.79 Å². The molecule has 0 saturated heterocycles. The second-order valence-electron chi connectivity index (χ2n) is 3.52. The van der Waals surface area contributed by atoms with Gasteiger partial charge in [-0.15, -0.1) is 10.2 Å². The molecule has 1 amide bonds. The minimum absolute atomic E-state index is 0.0863. The molecule has 90 valence electrons. The topological polar surface area (TPSA) is 83.6 Å². The van der Waals surface area contributed by atoms with E-state index in [1.807, 2.05) is 24.3 Å². The fraction of sp³-hybridized carbons (Fsp3) is 0.167. The predicted octanol–water partition coefficient (Wildman–Crippen LogP) is 0.354. The second kappa shape index (κ2) is 5.59. The number of nitrogens with zero attached hydrogens (tertiary/aromatic N) is 3. The van der Waals surface area contributed by atoms with Gasteiger partial charge in [-0.05, 0) is 29.5 Å². The van der Waals surface area contributed by atoms with Crippen molar-refractivity contribution in [2.75, 3.05) is 6.54 Å². The summed E-state index contributed by atoms with van der Waals surface area (Å²) in [4.78, 5) is 10.6. The summed E-state index contributed by atoms with van der Waals surface area (Å²) in [7, 11) is 0. The lowest BCUT2D eigenvalue weighted by Crippen LogP contribution is -2.19. The maximum atomic E-state index is 10.6. The summed E-state index contributed by atoms with van der Waals surface area (Å²) >= 11 is 0. The van der Waals surface area contributed by atoms with Gasteiger partial charge in [0.25, 0.3) is 0 Å². The summed E-state index contributed by atoms with van der Waals surface area (Å²) in [5.41, 5.74) is 1.74. The van der Waals surface area contributed by atoms with Crippen molar-refractivity contribution in [1.82, 2.24) is 25.9 Å². The van der Waals surface area contributed by atoms with Gasteiger partial charge in [-0.2, -0.15) is 5.21 Å². The van der Waals surface area contributed by atoms with Crippen LogP contribution in [0.25, 0.3) is 11.4 Å². The molecule has 0 aliphatic carbocycles. The fourth-order valence-corrected chi connectivity index (χ4v) is 1.30. The van der Waals surface area contributed by atoms with E-state index in [-0.39, 0.29) is 5.91 Å². The van der Waals surface area contributed by atoms with E-state index in [1.54, 1.807) is 0 Å². The Balaban J connectivity index is 2.02. The number of hydrogen-bond donors (Lipinski definition) is 2. The number of H-pyrrole nitrogens is 1. The van der Waals surface area contributed by atoms with Gasteiger partial charge in [-0.25, -0.2) is 0 Å². The number of nitrogens with one attached hydrogen (secondary N) is 2. The quantitative estimate of drug-likeness (QED) is 0.743. The van der Waals surface area contributed by atoms with E-state index < -0.39 is 0 Å². The number of benzene rings is 1. The van der Waals surface area contributed by atoms with E-state index in [0.717, 1.165) is 11.1 Å². The summed E-state index contributed by atoms with van der Waals surface area (Å²) < 4.78 is 0. The van der Waals surface area contributed by atoms with Crippen LogP contribution in [-0.2, 0) is 4.79 Å². The van der Waals surface area contributed by atoms with Crippen LogP contribution >= 0.6 is 0 Å². The van der Waals surface area contributed by atoms with Crippen molar-refractivity contribution in [3.63, 3.8) is 0 Å². The molecule has 0 spiro atoms.